The predicted molar refractivity (Wildman–Crippen MR) is 114 cm³/mol. The second-order valence-electron chi connectivity index (χ2n) is 8.12. The van der Waals surface area contributed by atoms with E-state index in [9.17, 15) is 0 Å². The molecule has 29 heavy (non-hydrogen) atoms. The van der Waals surface area contributed by atoms with Crippen LogP contribution < -0.4 is 5.32 Å². The van der Waals surface area contributed by atoms with Crippen molar-refractivity contribution < 1.29 is 0 Å². The molecule has 0 amide bonds. The van der Waals surface area contributed by atoms with Gasteiger partial charge in [0, 0.05) is 47.8 Å². The van der Waals surface area contributed by atoms with Gasteiger partial charge in [-0.3, -0.25) is 9.30 Å². The first kappa shape index (κ1) is 17.3. The quantitative estimate of drug-likeness (QED) is 0.564. The van der Waals surface area contributed by atoms with Gasteiger partial charge in [-0.2, -0.15) is 0 Å². The fraction of sp³-hybridized carbons (Fsp3) is 0.318. The number of pyridine rings is 2. The minimum absolute atomic E-state index is 0.357. The maximum atomic E-state index is 6.15. The largest absolute Gasteiger partial charge is 0.311 e. The van der Waals surface area contributed by atoms with Gasteiger partial charge < -0.3 is 5.32 Å². The van der Waals surface area contributed by atoms with Crippen molar-refractivity contribution in [1.29, 1.82) is 0 Å². The Morgan fingerprint density at radius 3 is 2.86 bits per heavy atom. The smallest absolute Gasteiger partial charge is 0.187 e. The maximum Gasteiger partial charge on any atom is 0.187 e. The van der Waals surface area contributed by atoms with Crippen molar-refractivity contribution in [1.82, 2.24) is 29.8 Å². The number of hydrogen-bond acceptors (Lipinski definition) is 5. The molecule has 0 saturated carbocycles. The van der Waals surface area contributed by atoms with Gasteiger partial charge in [0.15, 0.2) is 11.5 Å². The summed E-state index contributed by atoms with van der Waals surface area (Å²) >= 11 is 6.15. The molecule has 2 aliphatic heterocycles. The van der Waals surface area contributed by atoms with Crippen molar-refractivity contribution in [2.45, 2.75) is 31.5 Å². The summed E-state index contributed by atoms with van der Waals surface area (Å²) in [6, 6.07) is 15.6. The molecule has 1 aromatic carbocycles. The average Bonchev–Trinajstić information content (AvgIpc) is 3.47. The van der Waals surface area contributed by atoms with Gasteiger partial charge in [0.1, 0.15) is 5.69 Å². The Morgan fingerprint density at radius 1 is 1.14 bits per heavy atom. The number of fused-ring (bicyclic) bond motifs is 4. The minimum Gasteiger partial charge on any atom is -0.311 e. The van der Waals surface area contributed by atoms with E-state index in [0.717, 1.165) is 41.2 Å². The molecule has 2 bridgehead atoms. The third kappa shape index (κ3) is 2.82. The average molecular weight is 405 g/mol. The second kappa shape index (κ2) is 6.49. The molecule has 0 radical (unpaired) electrons. The Morgan fingerprint density at radius 2 is 2.03 bits per heavy atom. The van der Waals surface area contributed by atoms with Crippen LogP contribution in [0.25, 0.3) is 28.1 Å². The molecule has 0 aliphatic carbocycles. The van der Waals surface area contributed by atoms with Crippen molar-refractivity contribution in [3.05, 3.63) is 59.2 Å². The van der Waals surface area contributed by atoms with Crippen LogP contribution in [0.5, 0.6) is 0 Å². The number of nitrogens with one attached hydrogen (secondary N) is 1. The third-order valence-corrected chi connectivity index (χ3v) is 6.62. The molecule has 6 nitrogen and oxygen atoms in total. The lowest BCUT2D eigenvalue weighted by atomic mass is 10.1. The number of aromatic nitrogens is 4. The molecule has 3 aromatic heterocycles. The molecule has 2 fully saturated rings. The molecule has 4 aromatic rings. The highest BCUT2D eigenvalue weighted by Crippen LogP contribution is 2.33. The monoisotopic (exact) mass is 404 g/mol. The van der Waals surface area contributed by atoms with Crippen LogP contribution in [0, 0.1) is 0 Å². The van der Waals surface area contributed by atoms with Crippen LogP contribution in [-0.4, -0.2) is 49.7 Å². The molecule has 6 rings (SSSR count). The van der Waals surface area contributed by atoms with Crippen LogP contribution in [0.1, 0.15) is 24.9 Å². The highest BCUT2D eigenvalue weighted by Gasteiger charge is 2.40. The number of piperazine rings is 1. The molecular weight excluding hydrogens is 384 g/mol. The lowest BCUT2D eigenvalue weighted by Crippen LogP contribution is -2.44. The summed E-state index contributed by atoms with van der Waals surface area (Å²) in [7, 11) is 0. The normalized spacial score (nSPS) is 22.7. The van der Waals surface area contributed by atoms with E-state index >= 15 is 0 Å². The molecule has 1 N–H and O–H groups in total. The molecule has 0 spiro atoms. The fourth-order valence-corrected chi connectivity index (χ4v) is 4.97. The Balaban J connectivity index is 1.41. The molecule has 0 unspecified atom stereocenters. The highest BCUT2D eigenvalue weighted by atomic mass is 35.5. The number of halogens is 1. The molecule has 2 aliphatic rings. The van der Waals surface area contributed by atoms with Gasteiger partial charge in [-0.1, -0.05) is 29.8 Å². The zero-order valence-electron chi connectivity index (χ0n) is 16.1. The van der Waals surface area contributed by atoms with Gasteiger partial charge >= 0.3 is 0 Å². The Kier molecular flexibility index (Phi) is 3.88. The minimum atomic E-state index is 0.357. The first-order chi connectivity index (χ1) is 14.2. The van der Waals surface area contributed by atoms with Crippen LogP contribution in [0.15, 0.2) is 48.7 Å². The van der Waals surface area contributed by atoms with E-state index in [0.29, 0.717) is 23.1 Å². The van der Waals surface area contributed by atoms with Gasteiger partial charge in [-0.15, -0.1) is 10.2 Å². The van der Waals surface area contributed by atoms with Gasteiger partial charge in [-0.05, 0) is 43.2 Å². The molecule has 2 saturated heterocycles. The molecule has 3 atom stereocenters. The van der Waals surface area contributed by atoms with E-state index in [1.807, 2.05) is 30.3 Å². The van der Waals surface area contributed by atoms with Gasteiger partial charge in [0.2, 0.25) is 0 Å². The summed E-state index contributed by atoms with van der Waals surface area (Å²) in [5.41, 5.74) is 3.75. The maximum absolute atomic E-state index is 6.15. The summed E-state index contributed by atoms with van der Waals surface area (Å²) in [4.78, 5) is 7.40. The fourth-order valence-electron chi connectivity index (χ4n) is 4.80. The summed E-state index contributed by atoms with van der Waals surface area (Å²) in [5.74, 6) is 0.750. The van der Waals surface area contributed by atoms with E-state index in [1.54, 1.807) is 0 Å². The van der Waals surface area contributed by atoms with Crippen LogP contribution in [0.3, 0.4) is 0 Å². The van der Waals surface area contributed by atoms with E-state index in [-0.39, 0.29) is 0 Å². The van der Waals surface area contributed by atoms with Crippen molar-refractivity contribution in [2.24, 2.45) is 0 Å². The van der Waals surface area contributed by atoms with Crippen molar-refractivity contribution in [3.8, 4) is 11.5 Å². The standard InChI is InChI=1S/C22H21ClN6/c1-13(28-12-17-9-18(28)10-24-17)15-4-7-21-26-27-22(29(21)11-15)19-6-3-14-2-5-16(23)8-20(14)25-19/h2-8,11,13,17-18,24H,9-10,12H2,1H3/t13-,17-,18-/m0/s1. The summed E-state index contributed by atoms with van der Waals surface area (Å²) in [6.45, 7) is 4.51. The molecular formula is C22H21ClN6. The Labute approximate surface area is 173 Å². The molecule has 5 heterocycles. The van der Waals surface area contributed by atoms with Crippen LogP contribution in [0.4, 0.5) is 0 Å². The zero-order chi connectivity index (χ0) is 19.5. The molecule has 146 valence electrons. The zero-order valence-corrected chi connectivity index (χ0v) is 16.8. The highest BCUT2D eigenvalue weighted by molar-refractivity contribution is 6.31. The summed E-state index contributed by atoms with van der Waals surface area (Å²) in [6.07, 6.45) is 3.42. The van der Waals surface area contributed by atoms with Crippen LogP contribution >= 0.6 is 11.6 Å². The number of nitrogens with zero attached hydrogens (tertiary/aromatic N) is 5. The lowest BCUT2D eigenvalue weighted by Gasteiger charge is -2.33. The van der Waals surface area contributed by atoms with Gasteiger partial charge in [0.25, 0.3) is 0 Å². The van der Waals surface area contributed by atoms with Crippen molar-refractivity contribution in [2.75, 3.05) is 13.1 Å². The van der Waals surface area contributed by atoms with E-state index in [4.69, 9.17) is 16.6 Å². The summed E-state index contributed by atoms with van der Waals surface area (Å²) in [5, 5.41) is 14.1. The SMILES string of the molecule is C[C@@H](c1ccc2nnc(-c3ccc4ccc(Cl)cc4n3)n2c1)N1C[C@@H]2C[C@H]1CN2. The van der Waals surface area contributed by atoms with E-state index in [2.05, 4.69) is 50.1 Å². The van der Waals surface area contributed by atoms with E-state index in [1.165, 1.54) is 12.0 Å². The molecule has 7 heteroatoms. The van der Waals surface area contributed by atoms with Crippen molar-refractivity contribution >= 4 is 28.2 Å². The number of benzene rings is 1. The second-order valence-corrected chi connectivity index (χ2v) is 8.55. The first-order valence-electron chi connectivity index (χ1n) is 10.1. The number of hydrogen-bond donors (Lipinski definition) is 1. The van der Waals surface area contributed by atoms with E-state index < -0.39 is 0 Å². The predicted octanol–water partition coefficient (Wildman–Crippen LogP) is 3.71. The Bertz CT molecular complexity index is 1230. The third-order valence-electron chi connectivity index (χ3n) is 6.39. The topological polar surface area (TPSA) is 58.4 Å². The lowest BCUT2D eigenvalue weighted by molar-refractivity contribution is 0.170. The van der Waals surface area contributed by atoms with Crippen LogP contribution in [0.2, 0.25) is 5.02 Å². The Hall–Kier alpha value is -2.54. The summed E-state index contributed by atoms with van der Waals surface area (Å²) < 4.78 is 2.05. The van der Waals surface area contributed by atoms with Gasteiger partial charge in [-0.25, -0.2) is 4.98 Å². The van der Waals surface area contributed by atoms with Crippen LogP contribution in [-0.2, 0) is 0 Å². The van der Waals surface area contributed by atoms with Gasteiger partial charge in [0.05, 0.1) is 5.52 Å². The number of rotatable bonds is 3. The van der Waals surface area contributed by atoms with Crippen molar-refractivity contribution in [3.63, 3.8) is 0 Å². The number of likely N-dealkylation sites (tertiary alicyclic amines) is 1. The first-order valence-corrected chi connectivity index (χ1v) is 10.4.